The first kappa shape index (κ1) is 19.6. The first-order valence-electron chi connectivity index (χ1n) is 10.5. The maximum atomic E-state index is 6.05. The standard InChI is InChI=1S/C22H30N6O/c1-15(2)19-13-24-28-20(19)26-22(29-14-17-9-11-23-12-10-17)27-21(28)25-16(3)18-7-5-4-6-8-18/h4-8,13,15-17,23H,9-12,14H2,1-3H3,(H,25,26,27). The summed E-state index contributed by atoms with van der Waals surface area (Å²) in [5.41, 5.74) is 3.08. The Morgan fingerprint density at radius 1 is 1.14 bits per heavy atom. The van der Waals surface area contributed by atoms with Crippen LogP contribution >= 0.6 is 0 Å². The van der Waals surface area contributed by atoms with Gasteiger partial charge in [0.25, 0.3) is 0 Å². The van der Waals surface area contributed by atoms with Gasteiger partial charge in [-0.2, -0.15) is 19.6 Å². The molecule has 0 amide bonds. The summed E-state index contributed by atoms with van der Waals surface area (Å²) in [6, 6.07) is 10.8. The Morgan fingerprint density at radius 2 is 1.90 bits per heavy atom. The number of nitrogens with one attached hydrogen (secondary N) is 2. The van der Waals surface area contributed by atoms with Crippen molar-refractivity contribution in [3.63, 3.8) is 0 Å². The number of benzene rings is 1. The van der Waals surface area contributed by atoms with Crippen molar-refractivity contribution in [1.29, 1.82) is 0 Å². The molecule has 1 saturated heterocycles. The molecule has 1 atom stereocenters. The summed E-state index contributed by atoms with van der Waals surface area (Å²) in [4.78, 5) is 9.36. The molecule has 0 saturated carbocycles. The van der Waals surface area contributed by atoms with E-state index in [0.717, 1.165) is 37.1 Å². The quantitative estimate of drug-likeness (QED) is 0.635. The molecular formula is C22H30N6O. The second kappa shape index (κ2) is 8.78. The van der Waals surface area contributed by atoms with Crippen LogP contribution in [-0.4, -0.2) is 39.3 Å². The lowest BCUT2D eigenvalue weighted by Crippen LogP contribution is -2.30. The van der Waals surface area contributed by atoms with Gasteiger partial charge in [-0.1, -0.05) is 44.2 Å². The molecule has 0 aliphatic carbocycles. The van der Waals surface area contributed by atoms with Gasteiger partial charge < -0.3 is 15.4 Å². The van der Waals surface area contributed by atoms with E-state index in [9.17, 15) is 0 Å². The van der Waals surface area contributed by atoms with E-state index in [1.54, 1.807) is 4.52 Å². The smallest absolute Gasteiger partial charge is 0.321 e. The lowest BCUT2D eigenvalue weighted by Gasteiger charge is -2.22. The minimum atomic E-state index is 0.0817. The van der Waals surface area contributed by atoms with Crippen molar-refractivity contribution >= 4 is 11.6 Å². The fraction of sp³-hybridized carbons (Fsp3) is 0.500. The van der Waals surface area contributed by atoms with Crippen molar-refractivity contribution in [3.8, 4) is 6.01 Å². The summed E-state index contributed by atoms with van der Waals surface area (Å²) < 4.78 is 7.84. The van der Waals surface area contributed by atoms with Crippen LogP contribution in [0.5, 0.6) is 6.01 Å². The van der Waals surface area contributed by atoms with Crippen LogP contribution in [-0.2, 0) is 0 Å². The lowest BCUT2D eigenvalue weighted by atomic mass is 9.99. The van der Waals surface area contributed by atoms with Crippen molar-refractivity contribution < 1.29 is 4.74 Å². The molecule has 1 aromatic carbocycles. The Labute approximate surface area is 171 Å². The second-order valence-corrected chi connectivity index (χ2v) is 8.10. The monoisotopic (exact) mass is 394 g/mol. The fourth-order valence-electron chi connectivity index (χ4n) is 3.70. The van der Waals surface area contributed by atoms with Gasteiger partial charge in [0.05, 0.1) is 18.8 Å². The molecule has 0 spiro atoms. The zero-order valence-corrected chi connectivity index (χ0v) is 17.4. The Balaban J connectivity index is 1.62. The molecule has 7 nitrogen and oxygen atoms in total. The predicted octanol–water partition coefficient (Wildman–Crippen LogP) is 3.80. The third-order valence-corrected chi connectivity index (χ3v) is 5.55. The Morgan fingerprint density at radius 3 is 2.62 bits per heavy atom. The molecule has 1 unspecified atom stereocenters. The van der Waals surface area contributed by atoms with Crippen LogP contribution in [0.25, 0.3) is 5.65 Å². The highest BCUT2D eigenvalue weighted by atomic mass is 16.5. The van der Waals surface area contributed by atoms with E-state index in [-0.39, 0.29) is 6.04 Å². The predicted molar refractivity (Wildman–Crippen MR) is 114 cm³/mol. The van der Waals surface area contributed by atoms with Crippen LogP contribution in [0.1, 0.15) is 56.7 Å². The summed E-state index contributed by atoms with van der Waals surface area (Å²) in [6.07, 6.45) is 4.13. The molecule has 3 heterocycles. The van der Waals surface area contributed by atoms with Gasteiger partial charge in [0.1, 0.15) is 0 Å². The van der Waals surface area contributed by atoms with Crippen molar-refractivity contribution in [1.82, 2.24) is 24.9 Å². The number of nitrogens with zero attached hydrogens (tertiary/aromatic N) is 4. The number of piperidine rings is 1. The van der Waals surface area contributed by atoms with E-state index < -0.39 is 0 Å². The van der Waals surface area contributed by atoms with Gasteiger partial charge in [-0.15, -0.1) is 0 Å². The minimum absolute atomic E-state index is 0.0817. The van der Waals surface area contributed by atoms with E-state index in [2.05, 4.69) is 53.6 Å². The number of fused-ring (bicyclic) bond motifs is 1. The highest BCUT2D eigenvalue weighted by Gasteiger charge is 2.19. The van der Waals surface area contributed by atoms with Crippen LogP contribution in [0.2, 0.25) is 0 Å². The molecule has 3 aromatic rings. The average molecular weight is 395 g/mol. The molecule has 29 heavy (non-hydrogen) atoms. The molecule has 4 rings (SSSR count). The van der Waals surface area contributed by atoms with Crippen molar-refractivity contribution in [2.45, 2.75) is 45.6 Å². The molecule has 0 radical (unpaired) electrons. The maximum absolute atomic E-state index is 6.05. The molecule has 154 valence electrons. The lowest BCUT2D eigenvalue weighted by molar-refractivity contribution is 0.202. The maximum Gasteiger partial charge on any atom is 0.321 e. The SMILES string of the molecule is CC(C)c1cnn2c(NC(C)c3ccccc3)nc(OCC3CCNCC3)nc12. The first-order valence-corrected chi connectivity index (χ1v) is 10.5. The fourth-order valence-corrected chi connectivity index (χ4v) is 3.70. The zero-order chi connectivity index (χ0) is 20.2. The Kier molecular flexibility index (Phi) is 5.94. The van der Waals surface area contributed by atoms with Crippen molar-refractivity contribution in [2.24, 2.45) is 5.92 Å². The first-order chi connectivity index (χ1) is 14.1. The van der Waals surface area contributed by atoms with E-state index in [1.807, 2.05) is 24.4 Å². The minimum Gasteiger partial charge on any atom is -0.463 e. The van der Waals surface area contributed by atoms with Gasteiger partial charge in [0.2, 0.25) is 5.95 Å². The second-order valence-electron chi connectivity index (χ2n) is 8.10. The molecule has 1 aliphatic heterocycles. The van der Waals surface area contributed by atoms with Gasteiger partial charge >= 0.3 is 6.01 Å². The van der Waals surface area contributed by atoms with Crippen LogP contribution in [0, 0.1) is 5.92 Å². The number of anilines is 1. The summed E-state index contributed by atoms with van der Waals surface area (Å²) in [7, 11) is 0. The van der Waals surface area contributed by atoms with E-state index in [4.69, 9.17) is 9.72 Å². The third kappa shape index (κ3) is 4.50. The topological polar surface area (TPSA) is 76.4 Å². The molecule has 2 aromatic heterocycles. The number of hydrogen-bond donors (Lipinski definition) is 2. The largest absolute Gasteiger partial charge is 0.463 e. The zero-order valence-electron chi connectivity index (χ0n) is 17.4. The number of hydrogen-bond acceptors (Lipinski definition) is 6. The van der Waals surface area contributed by atoms with Gasteiger partial charge in [0, 0.05) is 5.56 Å². The van der Waals surface area contributed by atoms with Crippen LogP contribution < -0.4 is 15.4 Å². The van der Waals surface area contributed by atoms with E-state index in [1.165, 1.54) is 5.56 Å². The van der Waals surface area contributed by atoms with Crippen LogP contribution in [0.4, 0.5) is 5.95 Å². The van der Waals surface area contributed by atoms with Crippen LogP contribution in [0.15, 0.2) is 36.5 Å². The number of aromatic nitrogens is 4. The molecule has 2 N–H and O–H groups in total. The van der Waals surface area contributed by atoms with Gasteiger partial charge in [-0.3, -0.25) is 0 Å². The Hall–Kier alpha value is -2.67. The molecule has 7 heteroatoms. The molecule has 0 bridgehead atoms. The average Bonchev–Trinajstić information content (AvgIpc) is 3.18. The summed E-state index contributed by atoms with van der Waals surface area (Å²) in [5.74, 6) is 1.52. The van der Waals surface area contributed by atoms with Gasteiger partial charge in [0.15, 0.2) is 5.65 Å². The van der Waals surface area contributed by atoms with Gasteiger partial charge in [-0.25, -0.2) is 0 Å². The van der Waals surface area contributed by atoms with Crippen LogP contribution in [0.3, 0.4) is 0 Å². The number of ether oxygens (including phenoxy) is 1. The molecule has 1 fully saturated rings. The van der Waals surface area contributed by atoms with Crippen molar-refractivity contribution in [2.75, 3.05) is 25.0 Å². The highest BCUT2D eigenvalue weighted by molar-refractivity contribution is 5.53. The Bertz CT molecular complexity index is 933. The third-order valence-electron chi connectivity index (χ3n) is 5.55. The number of rotatable bonds is 7. The molecular weight excluding hydrogens is 364 g/mol. The van der Waals surface area contributed by atoms with E-state index >= 15 is 0 Å². The van der Waals surface area contributed by atoms with Gasteiger partial charge in [-0.05, 0) is 50.3 Å². The summed E-state index contributed by atoms with van der Waals surface area (Å²) >= 11 is 0. The normalized spacial score (nSPS) is 16.3. The highest BCUT2D eigenvalue weighted by Crippen LogP contribution is 2.25. The molecule has 1 aliphatic rings. The summed E-state index contributed by atoms with van der Waals surface area (Å²) in [5, 5.41) is 11.4. The van der Waals surface area contributed by atoms with E-state index in [0.29, 0.717) is 30.4 Å². The van der Waals surface area contributed by atoms with Crippen molar-refractivity contribution in [3.05, 3.63) is 47.7 Å². The summed E-state index contributed by atoms with van der Waals surface area (Å²) in [6.45, 7) is 9.16.